The number of carbonyl (C=O) groups is 1. The largest absolute Gasteiger partial charge is 0.462 e. The van der Waals surface area contributed by atoms with Gasteiger partial charge in [-0.1, -0.05) is 68.4 Å². The molecule has 3 rings (SSSR count). The molecule has 2 atom stereocenters. The molecule has 0 unspecified atom stereocenters. The van der Waals surface area contributed by atoms with Gasteiger partial charge in [-0.2, -0.15) is 0 Å². The van der Waals surface area contributed by atoms with Crippen molar-refractivity contribution >= 4 is 5.97 Å². The molecule has 2 fully saturated rings. The van der Waals surface area contributed by atoms with E-state index >= 15 is 0 Å². The van der Waals surface area contributed by atoms with Gasteiger partial charge < -0.3 is 9.84 Å². The van der Waals surface area contributed by atoms with E-state index in [1.54, 1.807) is 0 Å². The molecule has 3 heteroatoms. The third-order valence-electron chi connectivity index (χ3n) is 6.30. The van der Waals surface area contributed by atoms with E-state index in [0.29, 0.717) is 12.3 Å². The third kappa shape index (κ3) is 5.33. The van der Waals surface area contributed by atoms with E-state index in [1.165, 1.54) is 31.2 Å². The number of aryl methyl sites for hydroxylation is 1. The number of hydrogen-bond acceptors (Lipinski definition) is 3. The van der Waals surface area contributed by atoms with E-state index in [1.807, 2.05) is 31.2 Å². The van der Waals surface area contributed by atoms with Crippen LogP contribution in [0.5, 0.6) is 0 Å². The Morgan fingerprint density at radius 2 is 1.58 bits per heavy atom. The highest BCUT2D eigenvalue weighted by atomic mass is 16.5. The molecule has 1 aromatic rings. The molecule has 0 amide bonds. The van der Waals surface area contributed by atoms with Crippen LogP contribution in [0.1, 0.15) is 87.9 Å². The maximum Gasteiger partial charge on any atom is 0.309 e. The lowest BCUT2D eigenvalue weighted by Gasteiger charge is -2.33. The Kier molecular flexibility index (Phi) is 7.13. The zero-order chi connectivity index (χ0) is 18.4. The lowest BCUT2D eigenvalue weighted by Crippen LogP contribution is -2.33. The third-order valence-corrected chi connectivity index (χ3v) is 6.30. The van der Waals surface area contributed by atoms with Crippen molar-refractivity contribution in [3.8, 4) is 0 Å². The van der Waals surface area contributed by atoms with Gasteiger partial charge in [0.1, 0.15) is 6.10 Å². The molecule has 0 spiro atoms. The summed E-state index contributed by atoms with van der Waals surface area (Å²) in [6.45, 7) is 2.05. The van der Waals surface area contributed by atoms with Crippen molar-refractivity contribution in [1.29, 1.82) is 0 Å². The van der Waals surface area contributed by atoms with Gasteiger partial charge in [-0.25, -0.2) is 0 Å². The van der Waals surface area contributed by atoms with Crippen LogP contribution in [-0.4, -0.2) is 17.2 Å². The molecule has 144 valence electrons. The van der Waals surface area contributed by atoms with Gasteiger partial charge >= 0.3 is 5.97 Å². The quantitative estimate of drug-likeness (QED) is 0.684. The summed E-state index contributed by atoms with van der Waals surface area (Å²) in [4.78, 5) is 12.7. The normalized spacial score (nSPS) is 21.9. The first kappa shape index (κ1) is 19.4. The molecule has 0 bridgehead atoms. The summed E-state index contributed by atoms with van der Waals surface area (Å²) in [5.74, 6) is 0.458. The van der Waals surface area contributed by atoms with E-state index in [-0.39, 0.29) is 18.0 Å². The Labute approximate surface area is 158 Å². The van der Waals surface area contributed by atoms with Crippen LogP contribution in [0.15, 0.2) is 24.3 Å². The molecule has 1 N–H and O–H groups in total. The summed E-state index contributed by atoms with van der Waals surface area (Å²) >= 11 is 0. The van der Waals surface area contributed by atoms with E-state index in [9.17, 15) is 9.90 Å². The minimum absolute atomic E-state index is 0.0172. The standard InChI is InChI=1S/C23H34O3/c1-17-12-14-18(15-13-17)21(24)16-22(19-8-4-2-5-9-19)26-23(25)20-10-6-3-7-11-20/h12-15,19-22,24H,2-11,16H2,1H3/t21-,22-/m0/s1. The minimum Gasteiger partial charge on any atom is -0.462 e. The zero-order valence-corrected chi connectivity index (χ0v) is 16.2. The highest BCUT2D eigenvalue weighted by molar-refractivity contribution is 5.72. The Hall–Kier alpha value is -1.35. The number of ether oxygens (including phenoxy) is 1. The van der Waals surface area contributed by atoms with Crippen molar-refractivity contribution in [2.45, 2.75) is 89.8 Å². The fourth-order valence-electron chi connectivity index (χ4n) is 4.57. The molecule has 1 aromatic carbocycles. The first-order valence-electron chi connectivity index (χ1n) is 10.6. The topological polar surface area (TPSA) is 46.5 Å². The Morgan fingerprint density at radius 1 is 1.00 bits per heavy atom. The van der Waals surface area contributed by atoms with Gasteiger partial charge in [-0.3, -0.25) is 4.79 Å². The molecule has 0 heterocycles. The zero-order valence-electron chi connectivity index (χ0n) is 16.2. The van der Waals surface area contributed by atoms with E-state index in [4.69, 9.17) is 4.74 Å². The van der Waals surface area contributed by atoms with Crippen LogP contribution in [0, 0.1) is 18.8 Å². The van der Waals surface area contributed by atoms with Crippen molar-refractivity contribution in [3.63, 3.8) is 0 Å². The molecule has 0 radical (unpaired) electrons. The predicted octanol–water partition coefficient (Wildman–Crippen LogP) is 5.49. The van der Waals surface area contributed by atoms with Gasteiger partial charge in [-0.05, 0) is 44.1 Å². The SMILES string of the molecule is Cc1ccc([C@@H](O)C[C@H](OC(=O)C2CCCCC2)C2CCCCC2)cc1. The van der Waals surface area contributed by atoms with Crippen molar-refractivity contribution < 1.29 is 14.6 Å². The van der Waals surface area contributed by atoms with Gasteiger partial charge in [0.15, 0.2) is 0 Å². The van der Waals surface area contributed by atoms with Gasteiger partial charge in [0.05, 0.1) is 12.0 Å². The molecule has 2 saturated carbocycles. The van der Waals surface area contributed by atoms with Crippen molar-refractivity contribution in [3.05, 3.63) is 35.4 Å². The molecule has 26 heavy (non-hydrogen) atoms. The van der Waals surface area contributed by atoms with Crippen LogP contribution in [0.4, 0.5) is 0 Å². The average molecular weight is 359 g/mol. The molecular weight excluding hydrogens is 324 g/mol. The second-order valence-electron chi connectivity index (χ2n) is 8.37. The number of rotatable bonds is 6. The van der Waals surface area contributed by atoms with Gasteiger partial charge in [0.25, 0.3) is 0 Å². The molecular formula is C23H34O3. The Balaban J connectivity index is 1.65. The van der Waals surface area contributed by atoms with Crippen LogP contribution in [0.3, 0.4) is 0 Å². The Bertz CT molecular complexity index is 553. The van der Waals surface area contributed by atoms with Crippen LogP contribution < -0.4 is 0 Å². The highest BCUT2D eigenvalue weighted by Gasteiger charge is 2.32. The summed E-state index contributed by atoms with van der Waals surface area (Å²) in [6.07, 6.45) is 11.2. The van der Waals surface area contributed by atoms with E-state index in [0.717, 1.165) is 44.1 Å². The Morgan fingerprint density at radius 3 is 2.19 bits per heavy atom. The number of benzene rings is 1. The number of esters is 1. The first-order chi connectivity index (χ1) is 12.6. The fourth-order valence-corrected chi connectivity index (χ4v) is 4.57. The van der Waals surface area contributed by atoms with Crippen molar-refractivity contribution in [2.24, 2.45) is 11.8 Å². The van der Waals surface area contributed by atoms with Crippen LogP contribution in [0.2, 0.25) is 0 Å². The lowest BCUT2D eigenvalue weighted by molar-refractivity contribution is -0.160. The molecule has 0 saturated heterocycles. The van der Waals surface area contributed by atoms with Crippen molar-refractivity contribution in [2.75, 3.05) is 0 Å². The predicted molar refractivity (Wildman–Crippen MR) is 104 cm³/mol. The first-order valence-corrected chi connectivity index (χ1v) is 10.6. The summed E-state index contributed by atoms with van der Waals surface area (Å²) in [5.41, 5.74) is 2.11. The number of aliphatic hydroxyl groups excluding tert-OH is 1. The fraction of sp³-hybridized carbons (Fsp3) is 0.696. The molecule has 2 aliphatic rings. The maximum absolute atomic E-state index is 12.7. The second-order valence-corrected chi connectivity index (χ2v) is 8.37. The molecule has 0 aliphatic heterocycles. The smallest absolute Gasteiger partial charge is 0.309 e. The molecule has 2 aliphatic carbocycles. The monoisotopic (exact) mass is 358 g/mol. The summed E-state index contributed by atoms with van der Waals surface area (Å²) in [6, 6.07) is 8.03. The van der Waals surface area contributed by atoms with Gasteiger partial charge in [-0.15, -0.1) is 0 Å². The van der Waals surface area contributed by atoms with Crippen molar-refractivity contribution in [1.82, 2.24) is 0 Å². The minimum atomic E-state index is -0.568. The van der Waals surface area contributed by atoms with Gasteiger partial charge in [0.2, 0.25) is 0 Å². The number of carbonyl (C=O) groups excluding carboxylic acids is 1. The highest BCUT2D eigenvalue weighted by Crippen LogP contribution is 2.34. The lowest BCUT2D eigenvalue weighted by atomic mass is 9.82. The average Bonchev–Trinajstić information content (AvgIpc) is 2.69. The molecule has 3 nitrogen and oxygen atoms in total. The molecule has 0 aromatic heterocycles. The van der Waals surface area contributed by atoms with E-state index < -0.39 is 6.10 Å². The van der Waals surface area contributed by atoms with Crippen LogP contribution >= 0.6 is 0 Å². The van der Waals surface area contributed by atoms with Crippen LogP contribution in [0.25, 0.3) is 0 Å². The summed E-state index contributed by atoms with van der Waals surface area (Å²) in [5, 5.41) is 10.7. The maximum atomic E-state index is 12.7. The number of hydrogen-bond donors (Lipinski definition) is 1. The van der Waals surface area contributed by atoms with Gasteiger partial charge in [0, 0.05) is 6.42 Å². The van der Waals surface area contributed by atoms with E-state index in [2.05, 4.69) is 0 Å². The number of aliphatic hydroxyl groups is 1. The second kappa shape index (κ2) is 9.55. The summed E-state index contributed by atoms with van der Waals surface area (Å²) in [7, 11) is 0. The summed E-state index contributed by atoms with van der Waals surface area (Å²) < 4.78 is 6.05. The van der Waals surface area contributed by atoms with Crippen LogP contribution in [-0.2, 0) is 9.53 Å².